The molecule has 316 valence electrons. The molecular weight excluding hydrogens is 969 g/mol. The summed E-state index contributed by atoms with van der Waals surface area (Å²) in [6.07, 6.45) is 7.32. The van der Waals surface area contributed by atoms with Crippen LogP contribution in [-0.4, -0.2) is 21.2 Å². The standard InChI is InChI=1S/C55H45BN5O2.Pt/c1-54(2,3)37-30-31-57-52(33-37)61-47-23-12-10-19-41(47)42-28-26-39(34-49(42)61)62-40-27-29-45(56-60-32-15-14-22-46(60)43-20-11-13-25-51(43)63-56)50(35-40)59-36-58(38-17-8-7-9-18-38)48-24-16-21-44(53(48)59)55(4,5)6;/h7-33H,1-6H3;/q-1;/i4D3,5D3;. The summed E-state index contributed by atoms with van der Waals surface area (Å²) in [7, 11) is -0.772. The second-order valence-electron chi connectivity index (χ2n) is 17.2. The Labute approximate surface area is 397 Å². The monoisotopic (exact) mass is 1020 g/mol. The minimum Gasteiger partial charge on any atom is -0.510 e. The maximum absolute atomic E-state index is 8.80. The van der Waals surface area contributed by atoms with E-state index in [9.17, 15) is 0 Å². The van der Waals surface area contributed by atoms with Crippen molar-refractivity contribution in [2.24, 2.45) is 0 Å². The number of hydrogen-bond donors (Lipinski definition) is 0. The van der Waals surface area contributed by atoms with E-state index in [1.165, 1.54) is 6.92 Å². The molecule has 0 N–H and O–H groups in total. The first-order valence-electron chi connectivity index (χ1n) is 24.0. The molecule has 5 heterocycles. The minimum atomic E-state index is -2.96. The van der Waals surface area contributed by atoms with Gasteiger partial charge in [-0.2, -0.15) is 12.1 Å². The van der Waals surface area contributed by atoms with Crippen molar-refractivity contribution >= 4 is 45.4 Å². The van der Waals surface area contributed by atoms with Crippen LogP contribution in [0.25, 0.3) is 61.3 Å². The maximum atomic E-state index is 8.80. The third-order valence-corrected chi connectivity index (χ3v) is 11.8. The molecule has 6 aromatic carbocycles. The predicted molar refractivity (Wildman–Crippen MR) is 251 cm³/mol. The van der Waals surface area contributed by atoms with E-state index in [-0.39, 0.29) is 32.0 Å². The Hall–Kier alpha value is -6.76. The quantitative estimate of drug-likeness (QED) is 0.0947. The third kappa shape index (κ3) is 7.01. The fraction of sp³-hybridized carbons (Fsp3) is 0.145. The van der Waals surface area contributed by atoms with Gasteiger partial charge in [-0.25, -0.2) is 4.98 Å². The van der Waals surface area contributed by atoms with Gasteiger partial charge in [0.05, 0.1) is 22.3 Å². The number of imidazole rings is 1. The van der Waals surface area contributed by atoms with Crippen LogP contribution in [0.5, 0.6) is 17.2 Å². The summed E-state index contributed by atoms with van der Waals surface area (Å²) in [6.45, 7) is 1.92. The molecule has 0 amide bonds. The molecule has 0 bridgehead atoms. The Balaban J connectivity index is 0.00000567. The first-order valence-corrected chi connectivity index (χ1v) is 21.0. The van der Waals surface area contributed by atoms with Crippen LogP contribution < -0.4 is 23.9 Å². The number of benzene rings is 6. The number of aromatic nitrogens is 5. The van der Waals surface area contributed by atoms with E-state index < -0.39 is 26.2 Å². The SMILES string of the molecule is [2H]C([2H])([2H])C(C)(c1cccc2c1n(-c1[c-]c(Oc3[c-]c4c(cc3)c3ccccc3n4-c3cc(C(C)(C)C)ccn3)ccc1B1Oc3ccccc3-c3cccc[n+]31)[c-][n+]2-c1ccccc1)C([2H])([2H])[2H].[Pt]. The number of fused-ring (bicyclic) bond motifs is 7. The van der Waals surface area contributed by atoms with E-state index >= 15 is 0 Å². The van der Waals surface area contributed by atoms with Crippen LogP contribution in [0, 0.1) is 18.5 Å². The Morgan fingerprint density at radius 3 is 2.34 bits per heavy atom. The molecule has 4 aromatic heterocycles. The number of para-hydroxylation sites is 4. The Kier molecular flexibility index (Phi) is 8.56. The third-order valence-electron chi connectivity index (χ3n) is 11.8. The Morgan fingerprint density at radius 2 is 1.50 bits per heavy atom. The molecule has 0 saturated carbocycles. The molecule has 0 atom stereocenters. The summed E-state index contributed by atoms with van der Waals surface area (Å²) in [4.78, 5) is 4.85. The van der Waals surface area contributed by atoms with E-state index in [2.05, 4.69) is 62.0 Å². The van der Waals surface area contributed by atoms with Crippen molar-refractivity contribution in [3.63, 3.8) is 0 Å². The van der Waals surface area contributed by atoms with Crippen LogP contribution in [0.1, 0.15) is 60.8 Å². The van der Waals surface area contributed by atoms with Gasteiger partial charge in [0.25, 0.3) is 6.33 Å². The van der Waals surface area contributed by atoms with Gasteiger partial charge in [0.1, 0.15) is 17.8 Å². The van der Waals surface area contributed by atoms with Crippen molar-refractivity contribution in [2.75, 3.05) is 0 Å². The van der Waals surface area contributed by atoms with Gasteiger partial charge in [0, 0.05) is 58.6 Å². The van der Waals surface area contributed by atoms with E-state index in [1.54, 1.807) is 16.7 Å². The summed E-state index contributed by atoms with van der Waals surface area (Å²) in [6, 6.07) is 55.6. The summed E-state index contributed by atoms with van der Waals surface area (Å²) in [5.74, 6) is 2.14. The summed E-state index contributed by atoms with van der Waals surface area (Å²) in [5, 5.41) is 2.02. The topological polar surface area (TPSA) is 49.0 Å². The van der Waals surface area contributed by atoms with Gasteiger partial charge in [0.2, 0.25) is 0 Å². The molecular formula is C55H45BN5O2Pt-. The molecule has 11 rings (SSSR count). The number of rotatable bonds is 6. The summed E-state index contributed by atoms with van der Waals surface area (Å²) in [5.41, 5.74) is 4.97. The number of ether oxygens (including phenoxy) is 1. The van der Waals surface area contributed by atoms with Crippen LogP contribution in [0.2, 0.25) is 0 Å². The van der Waals surface area contributed by atoms with Crippen molar-refractivity contribution in [1.29, 1.82) is 0 Å². The molecule has 0 fully saturated rings. The van der Waals surface area contributed by atoms with Gasteiger partial charge in [0.15, 0.2) is 5.69 Å². The zero-order chi connectivity index (χ0) is 48.0. The minimum absolute atomic E-state index is 0. The van der Waals surface area contributed by atoms with Gasteiger partial charge in [-0.1, -0.05) is 114 Å². The fourth-order valence-corrected chi connectivity index (χ4v) is 8.77. The molecule has 9 heteroatoms. The van der Waals surface area contributed by atoms with E-state index in [0.29, 0.717) is 39.4 Å². The van der Waals surface area contributed by atoms with Gasteiger partial charge < -0.3 is 18.5 Å². The van der Waals surface area contributed by atoms with E-state index in [1.807, 2.05) is 143 Å². The molecule has 64 heavy (non-hydrogen) atoms. The first-order chi connectivity index (χ1) is 33.0. The number of hydrogen-bond acceptors (Lipinski definition) is 3. The summed E-state index contributed by atoms with van der Waals surface area (Å²) < 4.78 is 74.2. The second kappa shape index (κ2) is 15.8. The van der Waals surface area contributed by atoms with Crippen molar-refractivity contribution in [2.45, 2.75) is 52.2 Å². The van der Waals surface area contributed by atoms with Crippen LogP contribution in [0.3, 0.4) is 0 Å². The smallest absolute Gasteiger partial charge is 0.510 e. The van der Waals surface area contributed by atoms with E-state index in [0.717, 1.165) is 50.1 Å². The van der Waals surface area contributed by atoms with Crippen LogP contribution >= 0.6 is 0 Å². The Bertz CT molecular complexity index is 3630. The van der Waals surface area contributed by atoms with Crippen LogP contribution in [0.15, 0.2) is 164 Å². The molecule has 0 spiro atoms. The number of nitrogens with zero attached hydrogens (tertiary/aromatic N) is 5. The van der Waals surface area contributed by atoms with Gasteiger partial charge in [-0.05, 0) is 93.1 Å². The predicted octanol–water partition coefficient (Wildman–Crippen LogP) is 10.8. The largest absolute Gasteiger partial charge is 0.689 e. The normalized spacial score (nSPS) is 14.3. The first kappa shape index (κ1) is 34.7. The molecule has 0 unspecified atom stereocenters. The van der Waals surface area contributed by atoms with Gasteiger partial charge in [-0.3, -0.25) is 9.05 Å². The molecule has 0 aliphatic carbocycles. The van der Waals surface area contributed by atoms with Crippen molar-refractivity contribution in [3.05, 3.63) is 194 Å². The van der Waals surface area contributed by atoms with Crippen molar-refractivity contribution in [1.82, 2.24) is 14.1 Å². The van der Waals surface area contributed by atoms with Crippen LogP contribution in [-0.2, 0) is 31.9 Å². The zero-order valence-corrected chi connectivity index (χ0v) is 37.8. The molecule has 7 nitrogen and oxygen atoms in total. The second-order valence-corrected chi connectivity index (χ2v) is 17.2. The molecule has 0 radical (unpaired) electrons. The van der Waals surface area contributed by atoms with Gasteiger partial charge in [-0.15, -0.1) is 29.7 Å². The van der Waals surface area contributed by atoms with Gasteiger partial charge >= 0.3 is 7.05 Å². The molecule has 10 aromatic rings. The van der Waals surface area contributed by atoms with Crippen molar-refractivity contribution < 1.29 is 47.7 Å². The van der Waals surface area contributed by atoms with E-state index in [4.69, 9.17) is 22.6 Å². The fourth-order valence-electron chi connectivity index (χ4n) is 8.77. The zero-order valence-electron chi connectivity index (χ0n) is 41.5. The molecule has 0 saturated heterocycles. The number of pyridine rings is 2. The summed E-state index contributed by atoms with van der Waals surface area (Å²) >= 11 is 0. The Morgan fingerprint density at radius 1 is 0.734 bits per heavy atom. The maximum Gasteiger partial charge on any atom is 0.689 e. The average Bonchev–Trinajstić information content (AvgIpc) is 3.89. The average molecular weight is 1020 g/mol. The molecule has 1 aliphatic rings. The van der Waals surface area contributed by atoms with Crippen molar-refractivity contribution in [3.8, 4) is 45.7 Å². The van der Waals surface area contributed by atoms with Crippen LogP contribution in [0.4, 0.5) is 0 Å². The molecule has 1 aliphatic heterocycles.